The van der Waals surface area contributed by atoms with E-state index >= 15 is 26.3 Å². The molecule has 88 heavy (non-hydrogen) atoms. The maximum absolute atomic E-state index is 15.1. The second kappa shape index (κ2) is 22.2. The molecule has 0 saturated carbocycles. The molecule has 11 rings (SSSR count). The van der Waals surface area contributed by atoms with Crippen LogP contribution in [0.25, 0.3) is 0 Å². The number of alkyl halides is 6. The summed E-state index contributed by atoms with van der Waals surface area (Å²) in [4.78, 5) is 58.5. The SMILES string of the molecule is C#Cc1ccc(Oc2ccc(C(C)(c3ccc(Oc4cccc5c4C(=O)N(c4cccc(N6C(=O)c7cccc(Oc8ccc(C(C)(c9ccc(Oc%10ccc(C#N)c(C#N)c%10)cc9)C(F)(F)F)cc8)c7C6=O)c4)C5=O)cc3)C(F)(F)F)cc2)cc1C#N. The molecule has 4 amide bonds. The first kappa shape index (κ1) is 57.9. The van der Waals surface area contributed by atoms with Gasteiger partial charge < -0.3 is 18.9 Å². The Balaban J connectivity index is 0.785. The van der Waals surface area contributed by atoms with Crippen molar-refractivity contribution >= 4 is 35.0 Å². The number of halogens is 6. The number of hydrogen-bond acceptors (Lipinski definition) is 11. The summed E-state index contributed by atoms with van der Waals surface area (Å²) >= 11 is 0. The summed E-state index contributed by atoms with van der Waals surface area (Å²) < 4.78 is 115. The van der Waals surface area contributed by atoms with Crippen molar-refractivity contribution in [1.82, 2.24) is 0 Å². The molecule has 2 unspecified atom stereocenters. The fraction of sp³-hybridized carbons (Fsp3) is 0.0870. The zero-order valence-corrected chi connectivity index (χ0v) is 45.8. The number of benzene rings is 9. The fourth-order valence-corrected chi connectivity index (χ4v) is 10.4. The van der Waals surface area contributed by atoms with E-state index in [2.05, 4.69) is 5.92 Å². The number of fused-ring (bicyclic) bond motifs is 2. The quantitative estimate of drug-likeness (QED) is 0.0573. The minimum absolute atomic E-state index is 0.0221. The molecule has 2 atom stereocenters. The molecule has 9 aromatic rings. The van der Waals surface area contributed by atoms with Crippen molar-refractivity contribution < 1.29 is 64.5 Å². The first-order valence-electron chi connectivity index (χ1n) is 26.5. The summed E-state index contributed by atoms with van der Waals surface area (Å²) in [6.45, 7) is 2.04. The van der Waals surface area contributed by atoms with Crippen LogP contribution in [0.5, 0.6) is 46.0 Å². The lowest BCUT2D eigenvalue weighted by Gasteiger charge is -2.33. The highest BCUT2D eigenvalue weighted by atomic mass is 19.4. The van der Waals surface area contributed by atoms with Gasteiger partial charge in [0, 0.05) is 5.56 Å². The lowest BCUT2D eigenvalue weighted by Crippen LogP contribution is -2.40. The van der Waals surface area contributed by atoms with Gasteiger partial charge in [-0.05, 0) is 163 Å². The molecule has 0 radical (unpaired) electrons. The molecule has 0 spiro atoms. The molecule has 430 valence electrons. The molecule has 0 saturated heterocycles. The molecule has 0 bridgehead atoms. The first-order valence-corrected chi connectivity index (χ1v) is 26.5. The molecule has 0 fully saturated rings. The lowest BCUT2D eigenvalue weighted by molar-refractivity contribution is -0.173. The standard InChI is InChI=1S/C69H39F6N5O8/c1-4-40-14-24-54(34-42(40)38-77)85-50-26-16-44(17-27-50)66(2,68(70,71)72)46-20-30-52(31-21-46)87-58-12-6-10-56-60(58)64(83)79(62(56)81)48-8-5-9-49(36-48)80-63(82)57-11-7-13-59(61(57)65(80)84)88-53-32-22-47(23-33-53)67(3,69(73,74)75)45-18-28-51(29-19-45)86-55-25-15-41(37-76)43(35-55)39-78/h1,5-36H,2-3H3. The number of terminal acetylenes is 1. The number of rotatable bonds is 14. The van der Waals surface area contributed by atoms with E-state index in [-0.39, 0.29) is 119 Å². The van der Waals surface area contributed by atoms with Gasteiger partial charge >= 0.3 is 12.4 Å². The van der Waals surface area contributed by atoms with Crippen molar-refractivity contribution in [2.75, 3.05) is 9.80 Å². The summed E-state index contributed by atoms with van der Waals surface area (Å²) in [5.41, 5.74) is -5.50. The van der Waals surface area contributed by atoms with Gasteiger partial charge in [0.1, 0.15) is 75.0 Å². The number of ether oxygens (including phenoxy) is 4. The maximum Gasteiger partial charge on any atom is 0.402 e. The highest BCUT2D eigenvalue weighted by Crippen LogP contribution is 2.50. The number of imide groups is 2. The van der Waals surface area contributed by atoms with Crippen LogP contribution < -0.4 is 28.7 Å². The molecule has 0 aliphatic carbocycles. The third-order valence-corrected chi connectivity index (χ3v) is 15.4. The molecule has 2 heterocycles. The van der Waals surface area contributed by atoms with Crippen LogP contribution in [-0.4, -0.2) is 36.0 Å². The Labute approximate surface area is 497 Å². The molecule has 9 aromatic carbocycles. The van der Waals surface area contributed by atoms with Crippen LogP contribution in [0, 0.1) is 46.3 Å². The van der Waals surface area contributed by atoms with Gasteiger partial charge in [0.2, 0.25) is 0 Å². The fourth-order valence-electron chi connectivity index (χ4n) is 10.4. The van der Waals surface area contributed by atoms with Gasteiger partial charge in [-0.25, -0.2) is 9.80 Å². The van der Waals surface area contributed by atoms with Crippen molar-refractivity contribution in [3.8, 4) is 76.5 Å². The van der Waals surface area contributed by atoms with Crippen molar-refractivity contribution in [3.05, 3.63) is 261 Å². The maximum atomic E-state index is 15.1. The van der Waals surface area contributed by atoms with Crippen molar-refractivity contribution in [2.24, 2.45) is 0 Å². The summed E-state index contributed by atoms with van der Waals surface area (Å²) in [6.07, 6.45) is -4.18. The Hall–Kier alpha value is -11.9. The topological polar surface area (TPSA) is 183 Å². The average Bonchev–Trinajstić information content (AvgIpc) is 3.06. The van der Waals surface area contributed by atoms with Crippen LogP contribution in [-0.2, 0) is 10.8 Å². The van der Waals surface area contributed by atoms with Crippen LogP contribution in [0.15, 0.2) is 194 Å². The second-order valence-corrected chi connectivity index (χ2v) is 20.4. The molecular formula is C69H39F6N5O8. The van der Waals surface area contributed by atoms with E-state index in [1.54, 1.807) is 0 Å². The van der Waals surface area contributed by atoms with Gasteiger partial charge in [-0.3, -0.25) is 19.2 Å². The van der Waals surface area contributed by atoms with E-state index in [1.165, 1.54) is 194 Å². The van der Waals surface area contributed by atoms with Crippen LogP contribution in [0.4, 0.5) is 37.7 Å². The van der Waals surface area contributed by atoms with Gasteiger partial charge in [0.15, 0.2) is 0 Å². The van der Waals surface area contributed by atoms with Crippen LogP contribution in [0.1, 0.15) is 99.8 Å². The number of nitriles is 3. The lowest BCUT2D eigenvalue weighted by atomic mass is 9.75. The van der Waals surface area contributed by atoms with Gasteiger partial charge in [-0.2, -0.15) is 42.1 Å². The predicted octanol–water partition coefficient (Wildman–Crippen LogP) is 15.8. The van der Waals surface area contributed by atoms with Crippen LogP contribution in [0.2, 0.25) is 0 Å². The number of anilines is 2. The van der Waals surface area contributed by atoms with Crippen LogP contribution in [0.3, 0.4) is 0 Å². The number of carbonyl (C=O) groups is 4. The van der Waals surface area contributed by atoms with E-state index < -0.39 is 46.8 Å². The Morgan fingerprint density at radius 2 is 0.693 bits per heavy atom. The molecule has 19 heteroatoms. The molecule has 0 aromatic heterocycles. The average molecular weight is 1180 g/mol. The Bertz CT molecular complexity index is 4260. The van der Waals surface area contributed by atoms with Gasteiger partial charge in [0.25, 0.3) is 23.6 Å². The third kappa shape index (κ3) is 10.1. The third-order valence-electron chi connectivity index (χ3n) is 15.4. The summed E-state index contributed by atoms with van der Waals surface area (Å²) in [7, 11) is 0. The highest BCUT2D eigenvalue weighted by Gasteiger charge is 2.55. The van der Waals surface area contributed by atoms with E-state index in [1.807, 2.05) is 18.2 Å². The molecule has 13 nitrogen and oxygen atoms in total. The number of amides is 4. The van der Waals surface area contributed by atoms with Crippen molar-refractivity contribution in [2.45, 2.75) is 37.0 Å². The number of hydrogen-bond donors (Lipinski definition) is 0. The minimum atomic E-state index is -4.82. The number of nitrogens with zero attached hydrogens (tertiary/aromatic N) is 5. The van der Waals surface area contributed by atoms with Crippen molar-refractivity contribution in [3.63, 3.8) is 0 Å². The smallest absolute Gasteiger partial charge is 0.402 e. The van der Waals surface area contributed by atoms with E-state index in [0.29, 0.717) is 5.56 Å². The van der Waals surface area contributed by atoms with Gasteiger partial charge in [-0.15, -0.1) is 6.42 Å². The second-order valence-electron chi connectivity index (χ2n) is 20.4. The molecule has 2 aliphatic rings. The normalized spacial score (nSPS) is 14.1. The molecule has 2 aliphatic heterocycles. The predicted molar refractivity (Wildman–Crippen MR) is 308 cm³/mol. The van der Waals surface area contributed by atoms with Gasteiger partial charge in [0.05, 0.1) is 50.3 Å². The molecule has 0 N–H and O–H groups in total. The monoisotopic (exact) mass is 1180 g/mol. The zero-order chi connectivity index (χ0) is 62.5. The summed E-state index contributed by atoms with van der Waals surface area (Å²) in [5, 5.41) is 28.0. The largest absolute Gasteiger partial charge is 0.457 e. The van der Waals surface area contributed by atoms with Crippen LogP contribution >= 0.6 is 0 Å². The summed E-state index contributed by atoms with van der Waals surface area (Å²) in [6, 6.07) is 49.0. The zero-order valence-electron chi connectivity index (χ0n) is 45.8. The number of carbonyl (C=O) groups excluding carboxylic acids is 4. The Kier molecular flexibility index (Phi) is 14.6. The Morgan fingerprint density at radius 1 is 0.375 bits per heavy atom. The highest BCUT2D eigenvalue weighted by molar-refractivity contribution is 6.37. The first-order chi connectivity index (χ1) is 42.1. The van der Waals surface area contributed by atoms with E-state index in [9.17, 15) is 35.0 Å². The minimum Gasteiger partial charge on any atom is -0.457 e. The molecular weight excluding hydrogens is 1140 g/mol. The van der Waals surface area contributed by atoms with E-state index in [0.717, 1.165) is 23.6 Å². The Morgan fingerprint density at radius 3 is 1.03 bits per heavy atom. The van der Waals surface area contributed by atoms with E-state index in [4.69, 9.17) is 25.4 Å². The summed E-state index contributed by atoms with van der Waals surface area (Å²) in [5.74, 6) is -0.205. The van der Waals surface area contributed by atoms with Crippen molar-refractivity contribution in [1.29, 1.82) is 15.8 Å². The van der Waals surface area contributed by atoms with Gasteiger partial charge in [-0.1, -0.05) is 72.7 Å².